The number of allylic oxidation sites excluding steroid dienone is 10. The van der Waals surface area contributed by atoms with Crippen LogP contribution in [-0.2, 0) is 14.1 Å². The zero-order valence-corrected chi connectivity index (χ0v) is 17.9. The first-order valence-corrected chi connectivity index (χ1v) is 10.1. The van der Waals surface area contributed by atoms with Gasteiger partial charge < -0.3 is 9.26 Å². The van der Waals surface area contributed by atoms with E-state index in [9.17, 15) is 4.79 Å². The molecule has 4 heteroatoms. The summed E-state index contributed by atoms with van der Waals surface area (Å²) < 4.78 is 9.96. The van der Waals surface area contributed by atoms with E-state index < -0.39 is 0 Å². The minimum atomic E-state index is -0.164. The Balaban J connectivity index is 3.86. The maximum Gasteiger partial charge on any atom is 0.305 e. The van der Waals surface area contributed by atoms with Gasteiger partial charge in [-0.15, -0.1) is 0 Å². The van der Waals surface area contributed by atoms with Crippen LogP contribution in [0, 0.1) is 0 Å². The van der Waals surface area contributed by atoms with Gasteiger partial charge in [-0.3, -0.25) is 4.79 Å². The van der Waals surface area contributed by atoms with E-state index in [2.05, 4.69) is 81.9 Å². The maximum absolute atomic E-state index is 10.9. The molecule has 0 N–H and O–H groups in total. The summed E-state index contributed by atoms with van der Waals surface area (Å²) in [6.07, 6.45) is 31.2. The van der Waals surface area contributed by atoms with Gasteiger partial charge in [-0.05, 0) is 38.5 Å². The molecule has 0 radical (unpaired) electrons. The molecule has 0 heterocycles. The Labute approximate surface area is 167 Å². The summed E-state index contributed by atoms with van der Waals surface area (Å²) in [6.45, 7) is 2.14. The number of hydrogen-bond donors (Lipinski definition) is 0. The molecule has 0 saturated heterocycles. The highest BCUT2D eigenvalue weighted by Crippen LogP contribution is 2.07. The van der Waals surface area contributed by atoms with Crippen molar-refractivity contribution in [3.63, 3.8) is 0 Å². The average molecular weight is 391 g/mol. The normalized spacial score (nSPS) is 14.0. The maximum atomic E-state index is 10.9. The van der Waals surface area contributed by atoms with E-state index in [0.717, 1.165) is 38.5 Å². The fourth-order valence-electron chi connectivity index (χ4n) is 2.06. The number of rotatable bonds is 15. The standard InChI is InChI=1S/C23H35O3P/c1-3-4-5-6-10-13-16-19-22(26-27)20-17-14-11-8-7-9-12-15-18-21-23(24)25-2/h4-5,7-8,10,12-17,19,22H,3,6,9,11,18,20-21,27H2,1-2H3. The van der Waals surface area contributed by atoms with Crippen molar-refractivity contribution in [2.75, 3.05) is 7.11 Å². The SMILES string of the molecule is CCC=CCC=CC=CC(CC=CCC=CCC=CCCC(=O)OC)OP. The van der Waals surface area contributed by atoms with Gasteiger partial charge in [0, 0.05) is 15.9 Å². The smallest absolute Gasteiger partial charge is 0.305 e. The molecule has 0 fully saturated rings. The van der Waals surface area contributed by atoms with Gasteiger partial charge in [0.05, 0.1) is 13.2 Å². The number of methoxy groups -OCH3 is 1. The second kappa shape index (κ2) is 20.6. The van der Waals surface area contributed by atoms with Crippen molar-refractivity contribution in [2.24, 2.45) is 0 Å². The Morgan fingerprint density at radius 3 is 2.19 bits per heavy atom. The van der Waals surface area contributed by atoms with Crippen molar-refractivity contribution in [1.82, 2.24) is 0 Å². The first-order valence-electron chi connectivity index (χ1n) is 9.60. The van der Waals surface area contributed by atoms with E-state index in [4.69, 9.17) is 4.52 Å². The summed E-state index contributed by atoms with van der Waals surface area (Å²) >= 11 is 0. The van der Waals surface area contributed by atoms with Crippen LogP contribution in [0.5, 0.6) is 0 Å². The van der Waals surface area contributed by atoms with Crippen molar-refractivity contribution in [1.29, 1.82) is 0 Å². The predicted molar refractivity (Wildman–Crippen MR) is 119 cm³/mol. The Bertz CT molecular complexity index is 528. The lowest BCUT2D eigenvalue weighted by molar-refractivity contribution is -0.140. The Morgan fingerprint density at radius 1 is 0.889 bits per heavy atom. The molecule has 27 heavy (non-hydrogen) atoms. The van der Waals surface area contributed by atoms with Crippen LogP contribution in [0.1, 0.15) is 51.9 Å². The van der Waals surface area contributed by atoms with Crippen LogP contribution in [0.4, 0.5) is 0 Å². The van der Waals surface area contributed by atoms with Crippen LogP contribution < -0.4 is 0 Å². The van der Waals surface area contributed by atoms with E-state index in [0.29, 0.717) is 6.42 Å². The van der Waals surface area contributed by atoms with Gasteiger partial charge in [-0.2, -0.15) is 0 Å². The lowest BCUT2D eigenvalue weighted by Gasteiger charge is -2.06. The zero-order chi connectivity index (χ0) is 20.0. The molecular weight excluding hydrogens is 355 g/mol. The minimum Gasteiger partial charge on any atom is -0.469 e. The highest BCUT2D eigenvalue weighted by molar-refractivity contribution is 7.09. The molecule has 0 aromatic carbocycles. The summed E-state index contributed by atoms with van der Waals surface area (Å²) in [6, 6.07) is 0. The van der Waals surface area contributed by atoms with E-state index in [-0.39, 0.29) is 12.1 Å². The van der Waals surface area contributed by atoms with Crippen LogP contribution in [0.25, 0.3) is 0 Å². The van der Waals surface area contributed by atoms with Crippen LogP contribution in [0.2, 0.25) is 0 Å². The molecule has 3 nitrogen and oxygen atoms in total. The van der Waals surface area contributed by atoms with E-state index in [1.807, 2.05) is 12.2 Å². The molecule has 0 aliphatic rings. The molecule has 0 saturated carbocycles. The van der Waals surface area contributed by atoms with Crippen LogP contribution in [-0.4, -0.2) is 19.2 Å². The lowest BCUT2D eigenvalue weighted by atomic mass is 10.2. The molecule has 0 amide bonds. The fourth-order valence-corrected chi connectivity index (χ4v) is 2.26. The van der Waals surface area contributed by atoms with Gasteiger partial charge in [0.15, 0.2) is 0 Å². The van der Waals surface area contributed by atoms with Crippen molar-refractivity contribution in [3.05, 3.63) is 72.9 Å². The van der Waals surface area contributed by atoms with E-state index in [1.54, 1.807) is 0 Å². The second-order valence-corrected chi connectivity index (χ2v) is 6.11. The second-order valence-electron chi connectivity index (χ2n) is 5.84. The molecular formula is C23H35O3P. The van der Waals surface area contributed by atoms with Gasteiger partial charge in [0.25, 0.3) is 0 Å². The summed E-state index contributed by atoms with van der Waals surface area (Å²) in [5, 5.41) is 0. The average Bonchev–Trinajstić information content (AvgIpc) is 2.69. The third-order valence-electron chi connectivity index (χ3n) is 3.58. The Morgan fingerprint density at radius 2 is 1.52 bits per heavy atom. The third-order valence-corrected chi connectivity index (χ3v) is 3.93. The van der Waals surface area contributed by atoms with E-state index >= 15 is 0 Å². The minimum absolute atomic E-state index is 0.0730. The van der Waals surface area contributed by atoms with Gasteiger partial charge in [-0.1, -0.05) is 79.8 Å². The zero-order valence-electron chi connectivity index (χ0n) is 16.8. The van der Waals surface area contributed by atoms with Crippen molar-refractivity contribution < 1.29 is 14.1 Å². The fraction of sp³-hybridized carbons (Fsp3) is 0.435. The quantitative estimate of drug-likeness (QED) is 0.140. The number of carbonyl (C=O) groups excluding carboxylic acids is 1. The molecule has 0 aromatic heterocycles. The van der Waals surface area contributed by atoms with Gasteiger partial charge in [-0.25, -0.2) is 0 Å². The first-order chi connectivity index (χ1) is 13.2. The molecule has 0 bridgehead atoms. The molecule has 2 unspecified atom stereocenters. The van der Waals surface area contributed by atoms with Crippen molar-refractivity contribution >= 4 is 15.4 Å². The molecule has 150 valence electrons. The van der Waals surface area contributed by atoms with Gasteiger partial charge in [0.1, 0.15) is 0 Å². The Hall–Kier alpha value is -1.70. The predicted octanol–water partition coefficient (Wildman–Crippen LogP) is 6.42. The summed E-state index contributed by atoms with van der Waals surface area (Å²) in [4.78, 5) is 10.9. The van der Waals surface area contributed by atoms with Crippen LogP contribution in [0.15, 0.2) is 72.9 Å². The Kier molecular flexibility index (Phi) is 19.3. The molecule has 0 spiro atoms. The summed E-state index contributed by atoms with van der Waals surface area (Å²) in [7, 11) is 3.75. The number of ether oxygens (including phenoxy) is 1. The third kappa shape index (κ3) is 18.9. The number of esters is 1. The largest absolute Gasteiger partial charge is 0.469 e. The molecule has 2 atom stereocenters. The van der Waals surface area contributed by atoms with Crippen molar-refractivity contribution in [2.45, 2.75) is 58.0 Å². The monoisotopic (exact) mass is 390 g/mol. The highest BCUT2D eigenvalue weighted by Gasteiger charge is 1.97. The molecule has 0 aliphatic carbocycles. The van der Waals surface area contributed by atoms with Crippen molar-refractivity contribution in [3.8, 4) is 0 Å². The highest BCUT2D eigenvalue weighted by atomic mass is 31.0. The number of hydrogen-bond acceptors (Lipinski definition) is 3. The topological polar surface area (TPSA) is 35.5 Å². The van der Waals surface area contributed by atoms with E-state index in [1.165, 1.54) is 7.11 Å². The molecule has 0 aromatic rings. The number of carbonyl (C=O) groups is 1. The molecule has 0 aliphatic heterocycles. The van der Waals surface area contributed by atoms with Gasteiger partial charge >= 0.3 is 5.97 Å². The summed E-state index contributed by atoms with van der Waals surface area (Å²) in [5.41, 5.74) is 0. The lowest BCUT2D eigenvalue weighted by Crippen LogP contribution is -2.00. The molecule has 0 rings (SSSR count). The first kappa shape index (κ1) is 25.3. The van der Waals surface area contributed by atoms with Gasteiger partial charge in [0.2, 0.25) is 0 Å². The van der Waals surface area contributed by atoms with Crippen LogP contribution in [0.3, 0.4) is 0 Å². The summed E-state index contributed by atoms with van der Waals surface area (Å²) in [5.74, 6) is -0.164. The van der Waals surface area contributed by atoms with Crippen LogP contribution >= 0.6 is 9.47 Å².